The van der Waals surface area contributed by atoms with Gasteiger partial charge in [-0.3, -0.25) is 0 Å². The highest BCUT2D eigenvalue weighted by Gasteiger charge is 2.06. The van der Waals surface area contributed by atoms with Gasteiger partial charge in [0.05, 0.1) is 18.5 Å². The molecule has 0 bridgehead atoms. The lowest BCUT2D eigenvalue weighted by atomic mass is 10.1. The third-order valence-electron chi connectivity index (χ3n) is 2.20. The van der Waals surface area contributed by atoms with Gasteiger partial charge in [-0.25, -0.2) is 9.37 Å². The summed E-state index contributed by atoms with van der Waals surface area (Å²) in [5.41, 5.74) is 1.01. The number of hydrogen-bond donors (Lipinski definition) is 1. The number of aromatic amines is 1. The molecule has 1 N–H and O–H groups in total. The predicted molar refractivity (Wildman–Crippen MR) is 66.0 cm³/mol. The summed E-state index contributed by atoms with van der Waals surface area (Å²) in [5.74, 6) is 0.257. The topological polar surface area (TPSA) is 37.9 Å². The molecular weight excluding hydrogens is 239 g/mol. The van der Waals surface area contributed by atoms with Gasteiger partial charge in [0.2, 0.25) is 0 Å². The van der Waals surface area contributed by atoms with Crippen LogP contribution in [0.3, 0.4) is 0 Å². The quantitative estimate of drug-likeness (QED) is 0.849. The average molecular weight is 250 g/mol. The molecule has 0 radical (unpaired) electrons. The molecule has 0 spiro atoms. The second-order valence-electron chi connectivity index (χ2n) is 3.37. The number of nitrogens with one attached hydrogen (secondary N) is 1. The Labute approximate surface area is 103 Å². The summed E-state index contributed by atoms with van der Waals surface area (Å²) >= 11 is 4.88. The fourth-order valence-electron chi connectivity index (χ4n) is 1.50. The van der Waals surface area contributed by atoms with Gasteiger partial charge in [0.15, 0.2) is 10.6 Å². The van der Waals surface area contributed by atoms with E-state index in [0.29, 0.717) is 23.6 Å². The fraction of sp³-hybridized carbons (Fsp3) is 0.167. The highest BCUT2D eigenvalue weighted by molar-refractivity contribution is 7.71. The molecule has 0 saturated heterocycles. The number of nitrogens with zero attached hydrogens (tertiary/aromatic N) is 1. The van der Waals surface area contributed by atoms with E-state index in [2.05, 4.69) is 9.97 Å². The molecule has 3 nitrogen and oxygen atoms in total. The summed E-state index contributed by atoms with van der Waals surface area (Å²) in [6.45, 7) is 2.46. The summed E-state index contributed by atoms with van der Waals surface area (Å²) in [7, 11) is 0. The molecule has 1 aromatic carbocycles. The van der Waals surface area contributed by atoms with Gasteiger partial charge in [0.25, 0.3) is 0 Å². The van der Waals surface area contributed by atoms with E-state index in [0.717, 1.165) is 6.20 Å². The van der Waals surface area contributed by atoms with Crippen LogP contribution in [0, 0.1) is 10.6 Å². The van der Waals surface area contributed by atoms with Gasteiger partial charge in [-0.15, -0.1) is 0 Å². The van der Waals surface area contributed by atoms with E-state index >= 15 is 0 Å². The standard InChI is InChI=1S/C12H11FN2OS/c1-2-16-9-5-3-4-8(6-9)11-10(13)7-14-12(17)15-11/h3-7H,2H2,1H3,(H,14,15,17). The Morgan fingerprint density at radius 3 is 3.06 bits per heavy atom. The normalized spacial score (nSPS) is 10.2. The number of aromatic nitrogens is 2. The molecule has 2 rings (SSSR count). The molecule has 0 aliphatic rings. The summed E-state index contributed by atoms with van der Waals surface area (Å²) < 4.78 is 19.2. The van der Waals surface area contributed by atoms with E-state index in [-0.39, 0.29) is 4.77 Å². The predicted octanol–water partition coefficient (Wildman–Crippen LogP) is 3.34. The zero-order valence-electron chi connectivity index (χ0n) is 9.24. The van der Waals surface area contributed by atoms with Crippen molar-refractivity contribution in [2.75, 3.05) is 6.61 Å². The van der Waals surface area contributed by atoms with Crippen molar-refractivity contribution in [3.63, 3.8) is 0 Å². The molecule has 1 heterocycles. The van der Waals surface area contributed by atoms with Gasteiger partial charge in [-0.2, -0.15) is 0 Å². The van der Waals surface area contributed by atoms with E-state index in [1.54, 1.807) is 18.2 Å². The van der Waals surface area contributed by atoms with E-state index in [4.69, 9.17) is 17.0 Å². The van der Waals surface area contributed by atoms with Gasteiger partial charge in [-0.05, 0) is 31.3 Å². The molecule has 0 fully saturated rings. The molecule has 0 atom stereocenters. The van der Waals surface area contributed by atoms with Crippen LogP contribution >= 0.6 is 12.2 Å². The van der Waals surface area contributed by atoms with Crippen LogP contribution in [0.15, 0.2) is 30.5 Å². The molecule has 2 aromatic rings. The van der Waals surface area contributed by atoms with Crippen molar-refractivity contribution in [2.24, 2.45) is 0 Å². The summed E-state index contributed by atoms with van der Waals surface area (Å²) in [5, 5.41) is 0. The molecule has 0 amide bonds. The van der Waals surface area contributed by atoms with Crippen molar-refractivity contribution in [3.05, 3.63) is 41.1 Å². The maximum atomic E-state index is 13.6. The molecule has 0 unspecified atom stereocenters. The molecule has 5 heteroatoms. The summed E-state index contributed by atoms with van der Waals surface area (Å²) in [6, 6.07) is 7.16. The van der Waals surface area contributed by atoms with Crippen molar-refractivity contribution in [3.8, 4) is 17.0 Å². The Kier molecular flexibility index (Phi) is 3.49. The smallest absolute Gasteiger partial charge is 0.197 e. The molecule has 0 aliphatic carbocycles. The third kappa shape index (κ3) is 2.68. The first-order chi connectivity index (χ1) is 8.20. The largest absolute Gasteiger partial charge is 0.494 e. The zero-order valence-corrected chi connectivity index (χ0v) is 10.1. The first-order valence-electron chi connectivity index (χ1n) is 5.18. The third-order valence-corrected chi connectivity index (χ3v) is 2.41. The minimum absolute atomic E-state index is 0.253. The number of rotatable bonds is 3. The molecular formula is C12H11FN2OS. The van der Waals surface area contributed by atoms with Crippen LogP contribution in [0.5, 0.6) is 5.75 Å². The van der Waals surface area contributed by atoms with Crippen molar-refractivity contribution in [2.45, 2.75) is 6.92 Å². The van der Waals surface area contributed by atoms with Crippen LogP contribution < -0.4 is 4.74 Å². The van der Waals surface area contributed by atoms with E-state index in [9.17, 15) is 4.39 Å². The maximum Gasteiger partial charge on any atom is 0.197 e. The average Bonchev–Trinajstić information content (AvgIpc) is 2.33. The lowest BCUT2D eigenvalue weighted by Crippen LogP contribution is -1.94. The van der Waals surface area contributed by atoms with Gasteiger partial charge >= 0.3 is 0 Å². The SMILES string of the molecule is CCOc1cccc(-c2[nH]c(=S)ncc2F)c1. The van der Waals surface area contributed by atoms with Gasteiger partial charge in [0, 0.05) is 5.56 Å². The van der Waals surface area contributed by atoms with Gasteiger partial charge < -0.3 is 9.72 Å². The van der Waals surface area contributed by atoms with Crippen molar-refractivity contribution in [1.29, 1.82) is 0 Å². The van der Waals surface area contributed by atoms with Crippen LogP contribution in [0.4, 0.5) is 4.39 Å². The van der Waals surface area contributed by atoms with E-state index in [1.165, 1.54) is 0 Å². The summed E-state index contributed by atoms with van der Waals surface area (Å²) in [4.78, 5) is 6.41. The Morgan fingerprint density at radius 2 is 2.29 bits per heavy atom. The minimum Gasteiger partial charge on any atom is -0.494 e. The van der Waals surface area contributed by atoms with Gasteiger partial charge in [-0.1, -0.05) is 12.1 Å². The molecule has 0 saturated carbocycles. The number of hydrogen-bond acceptors (Lipinski definition) is 3. The molecule has 88 valence electrons. The van der Waals surface area contributed by atoms with Crippen molar-refractivity contribution in [1.82, 2.24) is 9.97 Å². The zero-order chi connectivity index (χ0) is 12.3. The van der Waals surface area contributed by atoms with Crippen molar-refractivity contribution >= 4 is 12.2 Å². The number of ether oxygens (including phenoxy) is 1. The maximum absolute atomic E-state index is 13.6. The van der Waals surface area contributed by atoms with Crippen LogP contribution in [0.1, 0.15) is 6.92 Å². The second kappa shape index (κ2) is 5.05. The van der Waals surface area contributed by atoms with Gasteiger partial charge in [0.1, 0.15) is 5.75 Å². The van der Waals surface area contributed by atoms with E-state index < -0.39 is 5.82 Å². The first kappa shape index (κ1) is 11.7. The van der Waals surface area contributed by atoms with Crippen LogP contribution in [0.2, 0.25) is 0 Å². The lowest BCUT2D eigenvalue weighted by molar-refractivity contribution is 0.340. The number of halogens is 1. The number of benzene rings is 1. The fourth-order valence-corrected chi connectivity index (χ4v) is 1.65. The second-order valence-corrected chi connectivity index (χ2v) is 3.76. The van der Waals surface area contributed by atoms with Crippen LogP contribution in [-0.4, -0.2) is 16.6 Å². The highest BCUT2D eigenvalue weighted by Crippen LogP contribution is 2.23. The first-order valence-corrected chi connectivity index (χ1v) is 5.59. The Morgan fingerprint density at radius 1 is 1.47 bits per heavy atom. The lowest BCUT2D eigenvalue weighted by Gasteiger charge is -2.06. The Bertz CT molecular complexity index is 583. The van der Waals surface area contributed by atoms with Crippen LogP contribution in [-0.2, 0) is 0 Å². The van der Waals surface area contributed by atoms with Crippen LogP contribution in [0.25, 0.3) is 11.3 Å². The van der Waals surface area contributed by atoms with Crippen molar-refractivity contribution < 1.29 is 9.13 Å². The summed E-state index contributed by atoms with van der Waals surface area (Å²) in [6.07, 6.45) is 1.11. The molecule has 1 aromatic heterocycles. The highest BCUT2D eigenvalue weighted by atomic mass is 32.1. The molecule has 17 heavy (non-hydrogen) atoms. The minimum atomic E-state index is -0.438. The molecule has 0 aliphatic heterocycles. The Balaban J connectivity index is 2.48. The monoisotopic (exact) mass is 250 g/mol. The van der Waals surface area contributed by atoms with E-state index in [1.807, 2.05) is 13.0 Å². The Hall–Kier alpha value is -1.75. The number of H-pyrrole nitrogens is 1.